The number of morpholine rings is 1. The molecule has 4 nitrogen and oxygen atoms in total. The second-order valence-electron chi connectivity index (χ2n) is 3.58. The number of nitrogens with zero attached hydrogens (tertiary/aromatic N) is 2. The molecular formula is C10H20N2O2. The zero-order valence-electron chi connectivity index (χ0n) is 9.32. The Morgan fingerprint density at radius 1 is 1.50 bits per heavy atom. The number of carbonyl (C=O) groups is 1. The summed E-state index contributed by atoms with van der Waals surface area (Å²) in [5.41, 5.74) is 0. The lowest BCUT2D eigenvalue weighted by atomic mass is 10.3. The van der Waals surface area contributed by atoms with Crippen molar-refractivity contribution >= 4 is 6.03 Å². The van der Waals surface area contributed by atoms with Crippen molar-refractivity contribution < 1.29 is 9.53 Å². The summed E-state index contributed by atoms with van der Waals surface area (Å²) in [6.07, 6.45) is 0.170. The van der Waals surface area contributed by atoms with Crippen molar-refractivity contribution in [2.24, 2.45) is 0 Å². The van der Waals surface area contributed by atoms with Gasteiger partial charge in [0.2, 0.25) is 0 Å². The molecule has 4 heteroatoms. The van der Waals surface area contributed by atoms with E-state index in [1.54, 1.807) is 0 Å². The molecule has 0 aromatic heterocycles. The lowest BCUT2D eigenvalue weighted by molar-refractivity contribution is -0.00873. The minimum Gasteiger partial charge on any atom is -0.375 e. The Balaban J connectivity index is 2.50. The van der Waals surface area contributed by atoms with Crippen LogP contribution in [0, 0.1) is 0 Å². The third kappa shape index (κ3) is 2.61. The topological polar surface area (TPSA) is 32.8 Å². The molecule has 1 heterocycles. The SMILES string of the molecule is CCN(CC)C(=O)N1CCO[C@@H](C)C1. The summed E-state index contributed by atoms with van der Waals surface area (Å²) in [5.74, 6) is 0. The highest BCUT2D eigenvalue weighted by molar-refractivity contribution is 5.74. The Hall–Kier alpha value is -0.770. The molecule has 2 amide bonds. The van der Waals surface area contributed by atoms with Crippen LogP contribution >= 0.6 is 0 Å². The first kappa shape index (κ1) is 11.3. The first-order chi connectivity index (χ1) is 6.69. The molecule has 0 aliphatic carbocycles. The number of ether oxygens (including phenoxy) is 1. The number of urea groups is 1. The highest BCUT2D eigenvalue weighted by Gasteiger charge is 2.23. The van der Waals surface area contributed by atoms with E-state index in [4.69, 9.17) is 4.74 Å². The van der Waals surface area contributed by atoms with Gasteiger partial charge in [-0.1, -0.05) is 0 Å². The zero-order valence-corrected chi connectivity index (χ0v) is 9.32. The molecule has 0 saturated carbocycles. The van der Waals surface area contributed by atoms with Gasteiger partial charge in [0.05, 0.1) is 12.7 Å². The second-order valence-corrected chi connectivity index (χ2v) is 3.58. The van der Waals surface area contributed by atoms with Gasteiger partial charge in [-0.05, 0) is 20.8 Å². The van der Waals surface area contributed by atoms with Gasteiger partial charge in [-0.2, -0.15) is 0 Å². The predicted octanol–water partition coefficient (Wildman–Crippen LogP) is 1.17. The van der Waals surface area contributed by atoms with Gasteiger partial charge < -0.3 is 14.5 Å². The molecule has 0 unspecified atom stereocenters. The number of carbonyl (C=O) groups excluding carboxylic acids is 1. The molecule has 0 bridgehead atoms. The molecule has 1 saturated heterocycles. The number of hydrogen-bond acceptors (Lipinski definition) is 2. The van der Waals surface area contributed by atoms with Crippen molar-refractivity contribution in [2.45, 2.75) is 26.9 Å². The van der Waals surface area contributed by atoms with Gasteiger partial charge in [0.15, 0.2) is 0 Å². The molecule has 1 aliphatic heterocycles. The van der Waals surface area contributed by atoms with Gasteiger partial charge in [0.25, 0.3) is 0 Å². The summed E-state index contributed by atoms with van der Waals surface area (Å²) in [4.78, 5) is 15.6. The van der Waals surface area contributed by atoms with E-state index in [9.17, 15) is 4.79 Å². The van der Waals surface area contributed by atoms with E-state index < -0.39 is 0 Å². The summed E-state index contributed by atoms with van der Waals surface area (Å²) >= 11 is 0. The Kier molecular flexibility index (Phi) is 4.20. The largest absolute Gasteiger partial charge is 0.375 e. The number of amides is 2. The first-order valence-electron chi connectivity index (χ1n) is 5.34. The van der Waals surface area contributed by atoms with E-state index >= 15 is 0 Å². The fourth-order valence-corrected chi connectivity index (χ4v) is 1.69. The van der Waals surface area contributed by atoms with Gasteiger partial charge in [-0.15, -0.1) is 0 Å². The van der Waals surface area contributed by atoms with E-state index in [2.05, 4.69) is 0 Å². The fraction of sp³-hybridized carbons (Fsp3) is 0.900. The van der Waals surface area contributed by atoms with Crippen molar-refractivity contribution in [3.63, 3.8) is 0 Å². The van der Waals surface area contributed by atoms with E-state index in [0.717, 1.165) is 26.2 Å². The molecule has 1 aliphatic rings. The van der Waals surface area contributed by atoms with E-state index in [1.807, 2.05) is 30.6 Å². The molecule has 14 heavy (non-hydrogen) atoms. The summed E-state index contributed by atoms with van der Waals surface area (Å²) in [5, 5.41) is 0. The van der Waals surface area contributed by atoms with Crippen LogP contribution in [0.2, 0.25) is 0 Å². The quantitative estimate of drug-likeness (QED) is 0.670. The smallest absolute Gasteiger partial charge is 0.320 e. The highest BCUT2D eigenvalue weighted by Crippen LogP contribution is 2.07. The zero-order chi connectivity index (χ0) is 10.6. The van der Waals surface area contributed by atoms with Crippen molar-refractivity contribution in [3.8, 4) is 0 Å². The highest BCUT2D eigenvalue weighted by atomic mass is 16.5. The number of rotatable bonds is 2. The molecular weight excluding hydrogens is 180 g/mol. The fourth-order valence-electron chi connectivity index (χ4n) is 1.69. The average molecular weight is 200 g/mol. The average Bonchev–Trinajstić information content (AvgIpc) is 2.19. The van der Waals surface area contributed by atoms with E-state index in [0.29, 0.717) is 6.61 Å². The second kappa shape index (κ2) is 5.20. The van der Waals surface area contributed by atoms with Crippen LogP contribution in [0.5, 0.6) is 0 Å². The Morgan fingerprint density at radius 2 is 2.14 bits per heavy atom. The van der Waals surface area contributed by atoms with Crippen LogP contribution in [-0.2, 0) is 4.74 Å². The standard InChI is InChI=1S/C10H20N2O2/c1-4-11(5-2)10(13)12-6-7-14-9(3)8-12/h9H,4-8H2,1-3H3/t9-/m0/s1. The molecule has 0 N–H and O–H groups in total. The van der Waals surface area contributed by atoms with Crippen LogP contribution in [0.4, 0.5) is 4.79 Å². The van der Waals surface area contributed by atoms with Gasteiger partial charge in [0, 0.05) is 26.2 Å². The molecule has 0 aromatic carbocycles. The summed E-state index contributed by atoms with van der Waals surface area (Å²) in [7, 11) is 0. The van der Waals surface area contributed by atoms with Gasteiger partial charge in [0.1, 0.15) is 0 Å². The normalized spacial score (nSPS) is 22.2. The molecule has 1 rings (SSSR count). The first-order valence-corrected chi connectivity index (χ1v) is 5.34. The maximum absolute atomic E-state index is 11.9. The van der Waals surface area contributed by atoms with Gasteiger partial charge in [-0.3, -0.25) is 0 Å². The van der Waals surface area contributed by atoms with Crippen LogP contribution in [-0.4, -0.2) is 54.7 Å². The third-order valence-corrected chi connectivity index (χ3v) is 2.55. The van der Waals surface area contributed by atoms with Crippen molar-refractivity contribution in [1.82, 2.24) is 9.80 Å². The Bertz CT molecular complexity index is 193. The van der Waals surface area contributed by atoms with Gasteiger partial charge >= 0.3 is 6.03 Å². The molecule has 82 valence electrons. The van der Waals surface area contributed by atoms with Crippen LogP contribution in [0.15, 0.2) is 0 Å². The number of hydrogen-bond donors (Lipinski definition) is 0. The molecule has 0 radical (unpaired) electrons. The monoisotopic (exact) mass is 200 g/mol. The van der Waals surface area contributed by atoms with E-state index in [1.165, 1.54) is 0 Å². The van der Waals surface area contributed by atoms with Crippen LogP contribution in [0.25, 0.3) is 0 Å². The van der Waals surface area contributed by atoms with Gasteiger partial charge in [-0.25, -0.2) is 4.79 Å². The minimum absolute atomic E-state index is 0.144. The lowest BCUT2D eigenvalue weighted by Gasteiger charge is -2.34. The van der Waals surface area contributed by atoms with Crippen molar-refractivity contribution in [2.75, 3.05) is 32.8 Å². The Morgan fingerprint density at radius 3 is 2.64 bits per heavy atom. The molecule has 1 atom stereocenters. The van der Waals surface area contributed by atoms with E-state index in [-0.39, 0.29) is 12.1 Å². The maximum atomic E-state index is 11.9. The van der Waals surface area contributed by atoms with Crippen LogP contribution in [0.1, 0.15) is 20.8 Å². The summed E-state index contributed by atoms with van der Waals surface area (Å²) < 4.78 is 5.39. The van der Waals surface area contributed by atoms with Crippen molar-refractivity contribution in [1.29, 1.82) is 0 Å². The predicted molar refractivity (Wildman–Crippen MR) is 55.3 cm³/mol. The molecule has 0 spiro atoms. The van der Waals surface area contributed by atoms with Crippen LogP contribution in [0.3, 0.4) is 0 Å². The third-order valence-electron chi connectivity index (χ3n) is 2.55. The van der Waals surface area contributed by atoms with Crippen LogP contribution < -0.4 is 0 Å². The van der Waals surface area contributed by atoms with Crippen molar-refractivity contribution in [3.05, 3.63) is 0 Å². The minimum atomic E-state index is 0.144. The Labute approximate surface area is 85.8 Å². The molecule has 1 fully saturated rings. The summed E-state index contributed by atoms with van der Waals surface area (Å²) in [6, 6.07) is 0.144. The maximum Gasteiger partial charge on any atom is 0.320 e. The summed E-state index contributed by atoms with van der Waals surface area (Å²) in [6.45, 7) is 9.67. The lowest BCUT2D eigenvalue weighted by Crippen LogP contribution is -2.50. The molecule has 0 aromatic rings.